The molecule has 1 aliphatic rings. The predicted octanol–water partition coefficient (Wildman–Crippen LogP) is 3.79. The number of anilines is 1. The molecule has 0 unspecified atom stereocenters. The maximum absolute atomic E-state index is 13.4. The van der Waals surface area contributed by atoms with Gasteiger partial charge in [0.25, 0.3) is 0 Å². The Morgan fingerprint density at radius 2 is 1.83 bits per heavy atom. The first-order valence-corrected chi connectivity index (χ1v) is 6.50. The molecule has 2 rings (SSSR count). The number of nitrogens with one attached hydrogen (secondary N) is 1. The highest BCUT2D eigenvalue weighted by atomic mass is 32.2. The maximum atomic E-state index is 13.4. The molecule has 1 aromatic carbocycles. The van der Waals surface area contributed by atoms with E-state index in [1.165, 1.54) is 11.8 Å². The number of benzene rings is 1. The van der Waals surface area contributed by atoms with Crippen molar-refractivity contribution in [1.29, 1.82) is 0 Å². The minimum Gasteiger partial charge on any atom is -0.332 e. The van der Waals surface area contributed by atoms with Gasteiger partial charge in [0, 0.05) is 17.9 Å². The molecule has 1 heterocycles. The summed E-state index contributed by atoms with van der Waals surface area (Å²) in [6, 6.07) is 1.33. The summed E-state index contributed by atoms with van der Waals surface area (Å²) < 4.78 is 39.3. The van der Waals surface area contributed by atoms with Crippen molar-refractivity contribution in [3.05, 3.63) is 29.6 Å². The van der Waals surface area contributed by atoms with Crippen LogP contribution < -0.4 is 5.32 Å². The van der Waals surface area contributed by atoms with E-state index in [1.807, 2.05) is 13.8 Å². The van der Waals surface area contributed by atoms with Crippen molar-refractivity contribution in [2.24, 2.45) is 4.99 Å². The second-order valence-corrected chi connectivity index (χ2v) is 5.78. The van der Waals surface area contributed by atoms with E-state index < -0.39 is 17.5 Å². The number of hydrogen-bond donors (Lipinski definition) is 1. The Balaban J connectivity index is 2.24. The van der Waals surface area contributed by atoms with E-state index >= 15 is 0 Å². The van der Waals surface area contributed by atoms with Gasteiger partial charge >= 0.3 is 0 Å². The molecule has 0 saturated carbocycles. The average molecular weight is 274 g/mol. The topological polar surface area (TPSA) is 24.4 Å². The SMILES string of the molecule is CC1(C)CCSC(Nc2cc(F)c(F)cc2F)=N1. The molecule has 0 aromatic heterocycles. The zero-order valence-electron chi connectivity index (χ0n) is 10.1. The zero-order valence-corrected chi connectivity index (χ0v) is 10.9. The maximum Gasteiger partial charge on any atom is 0.161 e. The van der Waals surface area contributed by atoms with Crippen LogP contribution in [0.5, 0.6) is 0 Å². The van der Waals surface area contributed by atoms with Crippen molar-refractivity contribution in [1.82, 2.24) is 0 Å². The highest BCUT2D eigenvalue weighted by molar-refractivity contribution is 8.14. The van der Waals surface area contributed by atoms with Crippen molar-refractivity contribution in [3.8, 4) is 0 Å². The van der Waals surface area contributed by atoms with Crippen molar-refractivity contribution in [2.75, 3.05) is 11.1 Å². The molecular formula is C12H13F3N2S. The quantitative estimate of drug-likeness (QED) is 0.788. The highest BCUT2D eigenvalue weighted by Crippen LogP contribution is 2.28. The number of aliphatic imine (C=N–C) groups is 1. The summed E-state index contributed by atoms with van der Waals surface area (Å²) in [6.07, 6.45) is 0.920. The molecule has 0 aliphatic carbocycles. The monoisotopic (exact) mass is 274 g/mol. The lowest BCUT2D eigenvalue weighted by Gasteiger charge is -2.26. The molecule has 0 fully saturated rings. The third-order valence-corrected chi connectivity index (χ3v) is 3.48. The smallest absolute Gasteiger partial charge is 0.161 e. The standard InChI is InChI=1S/C12H13F3N2S/c1-12(2)3-4-18-11(17-12)16-10-6-8(14)7(13)5-9(10)15/h5-6H,3-4H2,1-2H3,(H,16,17). The molecular weight excluding hydrogens is 261 g/mol. The zero-order chi connectivity index (χ0) is 13.3. The minimum absolute atomic E-state index is 0.0992. The van der Waals surface area contributed by atoms with E-state index in [2.05, 4.69) is 10.3 Å². The summed E-state index contributed by atoms with van der Waals surface area (Å²) in [5.74, 6) is -2.26. The van der Waals surface area contributed by atoms with Crippen molar-refractivity contribution >= 4 is 22.6 Å². The molecule has 0 amide bonds. The van der Waals surface area contributed by atoms with Crippen LogP contribution >= 0.6 is 11.8 Å². The van der Waals surface area contributed by atoms with Crippen LogP contribution in [0.3, 0.4) is 0 Å². The van der Waals surface area contributed by atoms with Gasteiger partial charge in [0.2, 0.25) is 0 Å². The predicted molar refractivity (Wildman–Crippen MR) is 68.5 cm³/mol. The first-order chi connectivity index (χ1) is 8.37. The highest BCUT2D eigenvalue weighted by Gasteiger charge is 2.23. The van der Waals surface area contributed by atoms with Gasteiger partial charge in [-0.15, -0.1) is 0 Å². The molecule has 0 spiro atoms. The number of hydrogen-bond acceptors (Lipinski definition) is 3. The first-order valence-electron chi connectivity index (χ1n) is 5.52. The van der Waals surface area contributed by atoms with E-state index in [0.29, 0.717) is 11.2 Å². The molecule has 2 nitrogen and oxygen atoms in total. The lowest BCUT2D eigenvalue weighted by Crippen LogP contribution is -2.27. The summed E-state index contributed by atoms with van der Waals surface area (Å²) in [7, 11) is 0. The molecule has 0 saturated heterocycles. The molecule has 1 aliphatic heterocycles. The first kappa shape index (κ1) is 13.3. The molecule has 6 heteroatoms. The number of nitrogens with zero attached hydrogens (tertiary/aromatic N) is 1. The van der Waals surface area contributed by atoms with Crippen molar-refractivity contribution < 1.29 is 13.2 Å². The lowest BCUT2D eigenvalue weighted by atomic mass is 10.0. The number of thioether (sulfide) groups is 1. The van der Waals surface area contributed by atoms with Crippen LogP contribution in [-0.4, -0.2) is 16.5 Å². The van der Waals surface area contributed by atoms with Crippen molar-refractivity contribution in [2.45, 2.75) is 25.8 Å². The van der Waals surface area contributed by atoms with Gasteiger partial charge in [-0.3, -0.25) is 4.99 Å². The lowest BCUT2D eigenvalue weighted by molar-refractivity contribution is 0.496. The Morgan fingerprint density at radius 1 is 1.17 bits per heavy atom. The third-order valence-electron chi connectivity index (χ3n) is 2.61. The summed E-state index contributed by atoms with van der Waals surface area (Å²) in [5, 5.41) is 3.23. The van der Waals surface area contributed by atoms with Gasteiger partial charge in [-0.05, 0) is 20.3 Å². The van der Waals surface area contributed by atoms with Gasteiger partial charge in [0.05, 0.1) is 11.2 Å². The molecule has 98 valence electrons. The van der Waals surface area contributed by atoms with Gasteiger partial charge in [0.15, 0.2) is 16.8 Å². The third kappa shape index (κ3) is 2.98. The van der Waals surface area contributed by atoms with E-state index in [4.69, 9.17) is 0 Å². The Kier molecular flexibility index (Phi) is 3.56. The van der Waals surface area contributed by atoms with Gasteiger partial charge < -0.3 is 5.32 Å². The molecule has 0 atom stereocenters. The van der Waals surface area contributed by atoms with E-state index in [-0.39, 0.29) is 11.2 Å². The number of halogens is 3. The van der Waals surface area contributed by atoms with E-state index in [0.717, 1.165) is 18.2 Å². The molecule has 0 bridgehead atoms. The number of rotatable bonds is 1. The summed E-state index contributed by atoms with van der Waals surface area (Å²) >= 11 is 1.44. The largest absolute Gasteiger partial charge is 0.332 e. The normalized spacial score (nSPS) is 18.4. The van der Waals surface area contributed by atoms with Crippen LogP contribution in [0.1, 0.15) is 20.3 Å². The second kappa shape index (κ2) is 4.84. The Morgan fingerprint density at radius 3 is 2.50 bits per heavy atom. The van der Waals surface area contributed by atoms with E-state index in [9.17, 15) is 13.2 Å². The van der Waals surface area contributed by atoms with Gasteiger partial charge in [-0.1, -0.05) is 11.8 Å². The summed E-state index contributed by atoms with van der Waals surface area (Å²) in [4.78, 5) is 4.39. The minimum atomic E-state index is -1.20. The molecule has 18 heavy (non-hydrogen) atoms. The molecule has 0 radical (unpaired) electrons. The summed E-state index contributed by atoms with van der Waals surface area (Å²) in [5.41, 5.74) is -0.319. The van der Waals surface area contributed by atoms with Gasteiger partial charge in [-0.2, -0.15) is 0 Å². The fraction of sp³-hybridized carbons (Fsp3) is 0.417. The Labute approximate surface area is 108 Å². The summed E-state index contributed by atoms with van der Waals surface area (Å²) in [6.45, 7) is 3.94. The van der Waals surface area contributed by atoms with Crippen LogP contribution in [0, 0.1) is 17.5 Å². The van der Waals surface area contributed by atoms with Crippen LogP contribution in [0.2, 0.25) is 0 Å². The molecule has 1 N–H and O–H groups in total. The Hall–Kier alpha value is -1.17. The second-order valence-electron chi connectivity index (χ2n) is 4.70. The molecule has 1 aromatic rings. The number of amidine groups is 1. The van der Waals surface area contributed by atoms with Gasteiger partial charge in [-0.25, -0.2) is 13.2 Å². The Bertz CT molecular complexity index is 500. The van der Waals surface area contributed by atoms with E-state index in [1.54, 1.807) is 0 Å². The van der Waals surface area contributed by atoms with Crippen LogP contribution in [0.25, 0.3) is 0 Å². The van der Waals surface area contributed by atoms with Gasteiger partial charge in [0.1, 0.15) is 5.82 Å². The fourth-order valence-electron chi connectivity index (χ4n) is 1.56. The fourth-order valence-corrected chi connectivity index (χ4v) is 2.85. The van der Waals surface area contributed by atoms with Crippen molar-refractivity contribution in [3.63, 3.8) is 0 Å². The van der Waals surface area contributed by atoms with Crippen LogP contribution in [0.15, 0.2) is 17.1 Å². The average Bonchev–Trinajstić information content (AvgIpc) is 2.24. The van der Waals surface area contributed by atoms with Crippen LogP contribution in [-0.2, 0) is 0 Å². The van der Waals surface area contributed by atoms with Crippen LogP contribution in [0.4, 0.5) is 18.9 Å².